The van der Waals surface area contributed by atoms with Gasteiger partial charge in [-0.1, -0.05) is 15.9 Å². The van der Waals surface area contributed by atoms with E-state index in [9.17, 15) is 0 Å². The zero-order chi connectivity index (χ0) is 14.5. The molecule has 3 heteroatoms. The summed E-state index contributed by atoms with van der Waals surface area (Å²) in [5, 5.41) is 3.50. The number of rotatable bonds is 6. The number of hydrogen-bond donors (Lipinski definition) is 1. The van der Waals surface area contributed by atoms with Crippen LogP contribution in [0.15, 0.2) is 22.7 Å². The lowest BCUT2D eigenvalue weighted by atomic mass is 10.1. The maximum atomic E-state index is 5.93. The molecule has 1 atom stereocenters. The fourth-order valence-corrected chi connectivity index (χ4v) is 2.08. The number of ether oxygens (including phenoxy) is 1. The first kappa shape index (κ1) is 16.5. The Morgan fingerprint density at radius 3 is 2.58 bits per heavy atom. The van der Waals surface area contributed by atoms with Crippen molar-refractivity contribution < 1.29 is 4.74 Å². The van der Waals surface area contributed by atoms with Crippen molar-refractivity contribution in [1.29, 1.82) is 0 Å². The second-order valence-corrected chi connectivity index (χ2v) is 7.01. The van der Waals surface area contributed by atoms with Gasteiger partial charge in [0.25, 0.3) is 0 Å². The van der Waals surface area contributed by atoms with Crippen LogP contribution in [-0.4, -0.2) is 18.2 Å². The van der Waals surface area contributed by atoms with Gasteiger partial charge in [0.05, 0.1) is 6.10 Å². The highest BCUT2D eigenvalue weighted by atomic mass is 79.9. The Labute approximate surface area is 126 Å². The lowest BCUT2D eigenvalue weighted by molar-refractivity contribution is 0.205. The van der Waals surface area contributed by atoms with Gasteiger partial charge < -0.3 is 10.1 Å². The van der Waals surface area contributed by atoms with E-state index < -0.39 is 0 Å². The molecule has 1 aromatic rings. The van der Waals surface area contributed by atoms with Gasteiger partial charge in [-0.05, 0) is 77.8 Å². The number of nitrogens with one attached hydrogen (secondary N) is 1. The highest BCUT2D eigenvalue weighted by Crippen LogP contribution is 2.22. The van der Waals surface area contributed by atoms with Gasteiger partial charge >= 0.3 is 0 Å². The first-order valence-corrected chi connectivity index (χ1v) is 7.75. The van der Waals surface area contributed by atoms with Crippen molar-refractivity contribution >= 4 is 15.9 Å². The first-order chi connectivity index (χ1) is 8.78. The van der Waals surface area contributed by atoms with Crippen LogP contribution >= 0.6 is 15.9 Å². The van der Waals surface area contributed by atoms with E-state index in [0.29, 0.717) is 0 Å². The summed E-state index contributed by atoms with van der Waals surface area (Å²) >= 11 is 3.50. The third-order valence-corrected chi connectivity index (χ3v) is 3.80. The molecule has 2 nitrogen and oxygen atoms in total. The molecule has 0 bridgehead atoms. The SMILES string of the molecule is Cc1cc(OC(C)CCCNC(C)(C)C)ccc1Br. The summed E-state index contributed by atoms with van der Waals surface area (Å²) in [5.74, 6) is 0.956. The average Bonchev–Trinajstić information content (AvgIpc) is 2.28. The number of aryl methyl sites for hydroxylation is 1. The predicted octanol–water partition coefficient (Wildman–Crippen LogP) is 4.69. The molecule has 108 valence electrons. The Hall–Kier alpha value is -0.540. The molecule has 0 spiro atoms. The summed E-state index contributed by atoms with van der Waals surface area (Å²) in [7, 11) is 0. The van der Waals surface area contributed by atoms with Crippen LogP contribution in [-0.2, 0) is 0 Å². The maximum Gasteiger partial charge on any atom is 0.120 e. The van der Waals surface area contributed by atoms with Crippen LogP contribution in [0.2, 0.25) is 0 Å². The smallest absolute Gasteiger partial charge is 0.120 e. The molecule has 0 heterocycles. The van der Waals surface area contributed by atoms with Crippen molar-refractivity contribution in [1.82, 2.24) is 5.32 Å². The normalized spacial score (nSPS) is 13.4. The first-order valence-electron chi connectivity index (χ1n) is 6.96. The molecular formula is C16H26BrNO. The molecule has 0 aromatic heterocycles. The Balaban J connectivity index is 2.31. The summed E-state index contributed by atoms with van der Waals surface area (Å²) in [6.07, 6.45) is 2.45. The summed E-state index contributed by atoms with van der Waals surface area (Å²) in [6, 6.07) is 6.13. The van der Waals surface area contributed by atoms with Crippen LogP contribution in [0.5, 0.6) is 5.75 Å². The summed E-state index contributed by atoms with van der Waals surface area (Å²) in [4.78, 5) is 0. The predicted molar refractivity (Wildman–Crippen MR) is 86.0 cm³/mol. The zero-order valence-electron chi connectivity index (χ0n) is 12.7. The van der Waals surface area contributed by atoms with Crippen LogP contribution in [0.4, 0.5) is 0 Å². The molecule has 0 aliphatic heterocycles. The number of benzene rings is 1. The molecule has 0 amide bonds. The van der Waals surface area contributed by atoms with E-state index in [0.717, 1.165) is 29.6 Å². The van der Waals surface area contributed by atoms with E-state index in [-0.39, 0.29) is 11.6 Å². The van der Waals surface area contributed by atoms with Crippen LogP contribution < -0.4 is 10.1 Å². The summed E-state index contributed by atoms with van der Waals surface area (Å²) in [5.41, 5.74) is 1.41. The average molecular weight is 328 g/mol. The van der Waals surface area contributed by atoms with Gasteiger partial charge in [0.2, 0.25) is 0 Å². The second-order valence-electron chi connectivity index (χ2n) is 6.16. The molecule has 1 N–H and O–H groups in total. The highest BCUT2D eigenvalue weighted by Gasteiger charge is 2.09. The van der Waals surface area contributed by atoms with Gasteiger partial charge in [0.1, 0.15) is 5.75 Å². The van der Waals surface area contributed by atoms with Crippen LogP contribution in [0.25, 0.3) is 0 Å². The number of hydrogen-bond acceptors (Lipinski definition) is 2. The lowest BCUT2D eigenvalue weighted by Crippen LogP contribution is -2.36. The molecule has 0 aliphatic carbocycles. The standard InChI is InChI=1S/C16H26BrNO/c1-12-11-14(8-9-15(12)17)19-13(2)7-6-10-18-16(3,4)5/h8-9,11,13,18H,6-7,10H2,1-5H3. The van der Waals surface area contributed by atoms with Gasteiger partial charge in [-0.3, -0.25) is 0 Å². The molecule has 1 unspecified atom stereocenters. The zero-order valence-corrected chi connectivity index (χ0v) is 14.3. The van der Waals surface area contributed by atoms with Crippen molar-refractivity contribution in [2.75, 3.05) is 6.54 Å². The van der Waals surface area contributed by atoms with E-state index in [2.05, 4.69) is 61.9 Å². The Bertz CT molecular complexity index is 398. The third kappa shape index (κ3) is 6.98. The molecule has 1 aromatic carbocycles. The summed E-state index contributed by atoms with van der Waals surface area (Å²) < 4.78 is 7.06. The molecule has 0 saturated heterocycles. The van der Waals surface area contributed by atoms with Gasteiger partial charge in [-0.15, -0.1) is 0 Å². The topological polar surface area (TPSA) is 21.3 Å². The molecular weight excluding hydrogens is 302 g/mol. The third-order valence-electron chi connectivity index (χ3n) is 2.91. The largest absolute Gasteiger partial charge is 0.491 e. The quantitative estimate of drug-likeness (QED) is 0.765. The Morgan fingerprint density at radius 2 is 2.00 bits per heavy atom. The second kappa shape index (κ2) is 7.30. The van der Waals surface area contributed by atoms with Crippen molar-refractivity contribution in [2.24, 2.45) is 0 Å². The van der Waals surface area contributed by atoms with E-state index >= 15 is 0 Å². The molecule has 0 radical (unpaired) electrons. The Morgan fingerprint density at radius 1 is 1.32 bits per heavy atom. The molecule has 0 aliphatic rings. The van der Waals surface area contributed by atoms with Crippen LogP contribution in [0.1, 0.15) is 46.1 Å². The summed E-state index contributed by atoms with van der Waals surface area (Å²) in [6.45, 7) is 11.8. The Kier molecular flexibility index (Phi) is 6.34. The molecule has 0 fully saturated rings. The monoisotopic (exact) mass is 327 g/mol. The van der Waals surface area contributed by atoms with Crippen molar-refractivity contribution in [3.8, 4) is 5.75 Å². The van der Waals surface area contributed by atoms with E-state index in [4.69, 9.17) is 4.74 Å². The highest BCUT2D eigenvalue weighted by molar-refractivity contribution is 9.10. The minimum atomic E-state index is 0.201. The van der Waals surface area contributed by atoms with Crippen molar-refractivity contribution in [3.63, 3.8) is 0 Å². The van der Waals surface area contributed by atoms with Crippen molar-refractivity contribution in [3.05, 3.63) is 28.2 Å². The molecule has 19 heavy (non-hydrogen) atoms. The van der Waals surface area contributed by atoms with E-state index in [1.54, 1.807) is 0 Å². The number of halogens is 1. The van der Waals surface area contributed by atoms with Crippen LogP contribution in [0.3, 0.4) is 0 Å². The van der Waals surface area contributed by atoms with Gasteiger partial charge in [-0.25, -0.2) is 0 Å². The lowest BCUT2D eigenvalue weighted by Gasteiger charge is -2.21. The fraction of sp³-hybridized carbons (Fsp3) is 0.625. The minimum Gasteiger partial charge on any atom is -0.491 e. The van der Waals surface area contributed by atoms with E-state index in [1.807, 2.05) is 12.1 Å². The fourth-order valence-electron chi connectivity index (χ4n) is 1.83. The molecule has 1 rings (SSSR count). The van der Waals surface area contributed by atoms with Crippen LogP contribution in [0, 0.1) is 6.92 Å². The van der Waals surface area contributed by atoms with Crippen molar-refractivity contribution in [2.45, 2.75) is 59.1 Å². The minimum absolute atomic E-state index is 0.201. The molecule has 0 saturated carbocycles. The van der Waals surface area contributed by atoms with E-state index in [1.165, 1.54) is 5.56 Å². The maximum absolute atomic E-state index is 5.93. The van der Waals surface area contributed by atoms with Gasteiger partial charge in [-0.2, -0.15) is 0 Å². The van der Waals surface area contributed by atoms with Gasteiger partial charge in [0, 0.05) is 10.0 Å². The van der Waals surface area contributed by atoms with Gasteiger partial charge in [0.15, 0.2) is 0 Å².